The van der Waals surface area contributed by atoms with E-state index >= 15 is 0 Å². The maximum absolute atomic E-state index is 12.3. The van der Waals surface area contributed by atoms with Crippen LogP contribution >= 0.6 is 0 Å². The molecule has 1 heterocycles. The average Bonchev–Trinajstić information content (AvgIpc) is 3.16. The quantitative estimate of drug-likeness (QED) is 0.385. The van der Waals surface area contributed by atoms with Crippen LogP contribution < -0.4 is 0 Å². The molecule has 5 fully saturated rings. The molecular formula is C17H21NO2. The first kappa shape index (κ1) is 11.6. The molecule has 1 aliphatic heterocycles. The normalized spacial score (nSPS) is 65.0. The van der Waals surface area contributed by atoms with Gasteiger partial charge in [0.2, 0.25) is 0 Å². The van der Waals surface area contributed by atoms with Gasteiger partial charge in [0.05, 0.1) is 11.8 Å². The van der Waals surface area contributed by atoms with Gasteiger partial charge >= 0.3 is 11.5 Å². The molecule has 0 radical (unpaired) electrons. The molecule has 0 N–H and O–H groups in total. The predicted molar refractivity (Wildman–Crippen MR) is 72.3 cm³/mol. The summed E-state index contributed by atoms with van der Waals surface area (Å²) in [7, 11) is 0. The van der Waals surface area contributed by atoms with Crippen LogP contribution in [0.5, 0.6) is 0 Å². The summed E-state index contributed by atoms with van der Waals surface area (Å²) in [5.41, 5.74) is -0.779. The summed E-state index contributed by atoms with van der Waals surface area (Å²) in [6, 6.07) is 0. The number of esters is 1. The van der Waals surface area contributed by atoms with E-state index in [1.165, 1.54) is 6.42 Å². The van der Waals surface area contributed by atoms with Gasteiger partial charge in [0.15, 0.2) is 0 Å². The third-order valence-corrected chi connectivity index (χ3v) is 8.20. The first-order valence-corrected chi connectivity index (χ1v) is 8.17. The molecule has 4 bridgehead atoms. The highest BCUT2D eigenvalue weighted by Crippen LogP contribution is 2.75. The zero-order chi connectivity index (χ0) is 13.8. The number of ether oxygens (including phenoxy) is 1. The number of nitrogens with zero attached hydrogens (tertiary/aromatic N) is 1. The number of carbonyl (C=O) groups excluding carboxylic acids is 1. The van der Waals surface area contributed by atoms with Gasteiger partial charge in [-0.15, -0.1) is 0 Å². The number of rotatable bonds is 0. The van der Waals surface area contributed by atoms with Crippen LogP contribution in [0.15, 0.2) is 0 Å². The van der Waals surface area contributed by atoms with Crippen LogP contribution in [0.4, 0.5) is 0 Å². The molecule has 10 atom stereocenters. The first-order chi connectivity index (χ1) is 9.61. The van der Waals surface area contributed by atoms with Gasteiger partial charge in [-0.1, -0.05) is 13.8 Å². The highest BCUT2D eigenvalue weighted by atomic mass is 16.5. The van der Waals surface area contributed by atoms with Crippen LogP contribution in [0.2, 0.25) is 0 Å². The third-order valence-electron chi connectivity index (χ3n) is 8.20. The van der Waals surface area contributed by atoms with Crippen molar-refractivity contribution in [3.63, 3.8) is 0 Å². The van der Waals surface area contributed by atoms with Crippen LogP contribution in [-0.4, -0.2) is 18.1 Å². The Morgan fingerprint density at radius 1 is 1.10 bits per heavy atom. The smallest absolute Gasteiger partial charge is 0.394 e. The molecule has 0 amide bonds. The molecule has 0 aromatic heterocycles. The number of hydrogen-bond donors (Lipinski definition) is 0. The highest BCUT2D eigenvalue weighted by Gasteiger charge is 2.81. The minimum atomic E-state index is -0.779. The molecule has 3 nitrogen and oxygen atoms in total. The van der Waals surface area contributed by atoms with Crippen LogP contribution in [-0.2, 0) is 9.53 Å². The van der Waals surface area contributed by atoms with Crippen LogP contribution in [0.1, 0.15) is 26.7 Å². The SMILES string of the molecule is [C-]#[N+]C12C(=O)OCC1C1CC2C2C3CC(C(C)C3C)C12. The topological polar surface area (TPSA) is 30.7 Å². The summed E-state index contributed by atoms with van der Waals surface area (Å²) < 4.78 is 5.35. The highest BCUT2D eigenvalue weighted by molar-refractivity contribution is 5.87. The lowest BCUT2D eigenvalue weighted by atomic mass is 9.57. The van der Waals surface area contributed by atoms with Crippen molar-refractivity contribution in [2.45, 2.75) is 32.2 Å². The molecular weight excluding hydrogens is 250 g/mol. The second kappa shape index (κ2) is 3.24. The fourth-order valence-electron chi connectivity index (χ4n) is 7.44. The van der Waals surface area contributed by atoms with E-state index in [-0.39, 0.29) is 11.9 Å². The second-order valence-electron chi connectivity index (χ2n) is 8.08. The van der Waals surface area contributed by atoms with E-state index in [1.54, 1.807) is 0 Å². The Bertz CT molecular complexity index is 552. The molecule has 3 heteroatoms. The van der Waals surface area contributed by atoms with Crippen LogP contribution in [0.3, 0.4) is 0 Å². The molecule has 10 unspecified atom stereocenters. The van der Waals surface area contributed by atoms with Crippen molar-refractivity contribution in [3.05, 3.63) is 11.4 Å². The minimum absolute atomic E-state index is 0.188. The predicted octanol–water partition coefficient (Wildman–Crippen LogP) is 2.62. The molecule has 1 saturated heterocycles. The van der Waals surface area contributed by atoms with Crippen LogP contribution in [0, 0.1) is 59.8 Å². The molecule has 106 valence electrons. The summed E-state index contributed by atoms with van der Waals surface area (Å²) in [6.45, 7) is 13.0. The number of fused-ring (bicyclic) bond motifs is 12. The van der Waals surface area contributed by atoms with Gasteiger partial charge in [-0.3, -0.25) is 4.85 Å². The van der Waals surface area contributed by atoms with E-state index in [9.17, 15) is 4.79 Å². The van der Waals surface area contributed by atoms with Gasteiger partial charge in [0, 0.05) is 0 Å². The van der Waals surface area contributed by atoms with Crippen molar-refractivity contribution in [3.8, 4) is 0 Å². The number of hydrogen-bond acceptors (Lipinski definition) is 2. The van der Waals surface area contributed by atoms with Gasteiger partial charge in [-0.25, -0.2) is 11.4 Å². The largest absolute Gasteiger partial charge is 0.459 e. The van der Waals surface area contributed by atoms with Gasteiger partial charge < -0.3 is 4.74 Å². The molecule has 0 aromatic rings. The maximum Gasteiger partial charge on any atom is 0.394 e. The molecule has 20 heavy (non-hydrogen) atoms. The lowest BCUT2D eigenvalue weighted by Crippen LogP contribution is -2.52. The van der Waals surface area contributed by atoms with Gasteiger partial charge in [0.1, 0.15) is 6.61 Å². The van der Waals surface area contributed by atoms with E-state index in [4.69, 9.17) is 11.3 Å². The second-order valence-corrected chi connectivity index (χ2v) is 8.08. The van der Waals surface area contributed by atoms with Crippen molar-refractivity contribution in [1.82, 2.24) is 0 Å². The number of cyclic esters (lactones) is 1. The van der Waals surface area contributed by atoms with E-state index in [0.29, 0.717) is 24.4 Å². The zero-order valence-electron chi connectivity index (χ0n) is 12.1. The monoisotopic (exact) mass is 271 g/mol. The maximum atomic E-state index is 12.3. The van der Waals surface area contributed by atoms with Gasteiger partial charge in [-0.05, 0) is 54.3 Å². The van der Waals surface area contributed by atoms with E-state index in [1.807, 2.05) is 0 Å². The molecule has 4 saturated carbocycles. The standard InChI is InChI=1S/C17H21NO2/c1-7-8(2)10-4-9(7)14-11-5-12(15(10)14)17(18-3)13(11)6-20-16(17)19/h7-15H,4-6H2,1-2H3. The molecule has 0 spiro atoms. The molecule has 5 aliphatic rings. The molecule has 5 rings (SSSR count). The minimum Gasteiger partial charge on any atom is -0.459 e. The first-order valence-electron chi connectivity index (χ1n) is 8.17. The lowest BCUT2D eigenvalue weighted by Gasteiger charge is -2.44. The fraction of sp³-hybridized carbons (Fsp3) is 0.882. The Labute approximate surface area is 119 Å². The van der Waals surface area contributed by atoms with E-state index in [0.717, 1.165) is 36.0 Å². The summed E-state index contributed by atoms with van der Waals surface area (Å²) >= 11 is 0. The Morgan fingerprint density at radius 3 is 2.50 bits per heavy atom. The lowest BCUT2D eigenvalue weighted by molar-refractivity contribution is -0.143. The summed E-state index contributed by atoms with van der Waals surface area (Å²) in [5.74, 6) is 5.60. The van der Waals surface area contributed by atoms with Crippen molar-refractivity contribution in [1.29, 1.82) is 0 Å². The van der Waals surface area contributed by atoms with Gasteiger partial charge in [-0.2, -0.15) is 0 Å². The van der Waals surface area contributed by atoms with E-state index in [2.05, 4.69) is 18.7 Å². The van der Waals surface area contributed by atoms with Crippen molar-refractivity contribution < 1.29 is 9.53 Å². The Balaban J connectivity index is 1.63. The van der Waals surface area contributed by atoms with Crippen molar-refractivity contribution >= 4 is 5.97 Å². The summed E-state index contributed by atoms with van der Waals surface area (Å²) in [5, 5.41) is 0. The third kappa shape index (κ3) is 0.908. The summed E-state index contributed by atoms with van der Waals surface area (Å²) in [6.07, 6.45) is 2.49. The fourth-order valence-corrected chi connectivity index (χ4v) is 7.44. The van der Waals surface area contributed by atoms with E-state index < -0.39 is 5.54 Å². The number of carbonyl (C=O) groups is 1. The Morgan fingerprint density at radius 2 is 1.80 bits per heavy atom. The zero-order valence-corrected chi connectivity index (χ0v) is 12.1. The Kier molecular flexibility index (Phi) is 1.88. The molecule has 0 aromatic carbocycles. The van der Waals surface area contributed by atoms with Crippen molar-refractivity contribution in [2.24, 2.45) is 53.3 Å². The Hall–Kier alpha value is -1.04. The average molecular weight is 271 g/mol. The summed E-state index contributed by atoms with van der Waals surface area (Å²) in [4.78, 5) is 16.2. The van der Waals surface area contributed by atoms with Crippen molar-refractivity contribution in [2.75, 3.05) is 6.61 Å². The van der Waals surface area contributed by atoms with Crippen LogP contribution in [0.25, 0.3) is 4.85 Å². The van der Waals surface area contributed by atoms with Gasteiger partial charge in [0.25, 0.3) is 0 Å². The molecule has 4 aliphatic carbocycles.